The number of amides is 1. The number of carbonyl (C=O) groups is 1. The van der Waals surface area contributed by atoms with E-state index in [1.807, 2.05) is 0 Å². The Morgan fingerprint density at radius 1 is 1.50 bits per heavy atom. The second-order valence-electron chi connectivity index (χ2n) is 4.47. The maximum Gasteiger partial charge on any atom is 0.260 e. The number of halogens is 2. The quantitative estimate of drug-likeness (QED) is 0.459. The number of hydrogen-bond donors (Lipinski definition) is 0. The maximum atomic E-state index is 13.6. The zero-order chi connectivity index (χ0) is 17.1. The standard InChI is InChI=1S/C14H8ClFN4O2S2/c15-13-17-6-10(16)12(19-13)22-9-3-1-2-8(4-9)5-18-20-11(21)7-24-14(20)23/h1-6H,7H2/b18-5+. The Kier molecular flexibility index (Phi) is 5.03. The van der Waals surface area contributed by atoms with Crippen LogP contribution in [0.3, 0.4) is 0 Å². The molecule has 1 aromatic heterocycles. The molecule has 1 aliphatic heterocycles. The predicted molar refractivity (Wildman–Crippen MR) is 93.0 cm³/mol. The molecule has 2 heterocycles. The molecule has 0 N–H and O–H groups in total. The van der Waals surface area contributed by atoms with Crippen molar-refractivity contribution < 1.29 is 13.9 Å². The van der Waals surface area contributed by atoms with Gasteiger partial charge in [0.15, 0.2) is 4.32 Å². The number of thiocarbonyl (C=S) groups is 1. The van der Waals surface area contributed by atoms with E-state index < -0.39 is 5.82 Å². The first-order valence-electron chi connectivity index (χ1n) is 6.52. The van der Waals surface area contributed by atoms with E-state index in [0.717, 1.165) is 11.2 Å². The molecule has 3 rings (SSSR count). The van der Waals surface area contributed by atoms with Gasteiger partial charge in [-0.15, -0.1) is 0 Å². The van der Waals surface area contributed by atoms with Crippen LogP contribution in [0.15, 0.2) is 35.6 Å². The molecular weight excluding hydrogens is 375 g/mol. The van der Waals surface area contributed by atoms with Gasteiger partial charge in [-0.3, -0.25) is 4.79 Å². The Morgan fingerprint density at radius 3 is 3.08 bits per heavy atom. The molecule has 0 saturated carbocycles. The van der Waals surface area contributed by atoms with Crippen molar-refractivity contribution in [2.24, 2.45) is 5.10 Å². The van der Waals surface area contributed by atoms with Crippen molar-refractivity contribution in [3.8, 4) is 11.6 Å². The fourth-order valence-corrected chi connectivity index (χ4v) is 2.85. The number of carbonyl (C=O) groups excluding carboxylic acids is 1. The highest BCUT2D eigenvalue weighted by Gasteiger charge is 2.25. The largest absolute Gasteiger partial charge is 0.436 e. The van der Waals surface area contributed by atoms with Crippen molar-refractivity contribution in [1.82, 2.24) is 15.0 Å². The fraction of sp³-hybridized carbons (Fsp3) is 0.0714. The van der Waals surface area contributed by atoms with Crippen LogP contribution in [0.4, 0.5) is 4.39 Å². The molecule has 1 amide bonds. The van der Waals surface area contributed by atoms with E-state index in [-0.39, 0.29) is 22.8 Å². The highest BCUT2D eigenvalue weighted by molar-refractivity contribution is 8.23. The summed E-state index contributed by atoms with van der Waals surface area (Å²) in [6.07, 6.45) is 2.39. The third-order valence-corrected chi connectivity index (χ3v) is 4.33. The smallest absolute Gasteiger partial charge is 0.260 e. The molecule has 1 aromatic carbocycles. The van der Waals surface area contributed by atoms with Crippen molar-refractivity contribution in [2.45, 2.75) is 0 Å². The van der Waals surface area contributed by atoms with E-state index in [1.54, 1.807) is 24.3 Å². The summed E-state index contributed by atoms with van der Waals surface area (Å²) >= 11 is 11.9. The minimum absolute atomic E-state index is 0.123. The van der Waals surface area contributed by atoms with Crippen LogP contribution in [-0.4, -0.2) is 37.2 Å². The molecule has 0 bridgehead atoms. The molecule has 0 radical (unpaired) electrons. The molecule has 2 aromatic rings. The molecule has 24 heavy (non-hydrogen) atoms. The number of nitrogens with zero attached hydrogens (tertiary/aromatic N) is 4. The number of hydrazone groups is 1. The van der Waals surface area contributed by atoms with Gasteiger partial charge < -0.3 is 4.74 Å². The molecule has 0 aliphatic carbocycles. The molecule has 0 unspecified atom stereocenters. The first-order chi connectivity index (χ1) is 11.5. The summed E-state index contributed by atoms with van der Waals surface area (Å²) in [5.41, 5.74) is 0.639. The van der Waals surface area contributed by atoms with Crippen molar-refractivity contribution in [3.63, 3.8) is 0 Å². The molecule has 0 atom stereocenters. The number of benzene rings is 1. The predicted octanol–water partition coefficient (Wildman–Crippen LogP) is 3.26. The average Bonchev–Trinajstić information content (AvgIpc) is 2.88. The third kappa shape index (κ3) is 3.86. The second kappa shape index (κ2) is 7.20. The maximum absolute atomic E-state index is 13.6. The topological polar surface area (TPSA) is 67.7 Å². The first kappa shape index (κ1) is 16.7. The lowest BCUT2D eigenvalue weighted by molar-refractivity contribution is -0.123. The number of rotatable bonds is 4. The number of ether oxygens (including phenoxy) is 1. The third-order valence-electron chi connectivity index (χ3n) is 2.81. The van der Waals surface area contributed by atoms with Crippen LogP contribution in [0.2, 0.25) is 5.28 Å². The monoisotopic (exact) mass is 382 g/mol. The molecule has 6 nitrogen and oxygen atoms in total. The van der Waals surface area contributed by atoms with Crippen molar-refractivity contribution in [1.29, 1.82) is 0 Å². The highest BCUT2D eigenvalue weighted by atomic mass is 35.5. The van der Waals surface area contributed by atoms with Gasteiger partial charge in [0.2, 0.25) is 11.1 Å². The summed E-state index contributed by atoms with van der Waals surface area (Å²) in [5, 5.41) is 5.10. The molecule has 122 valence electrons. The minimum Gasteiger partial charge on any atom is -0.436 e. The van der Waals surface area contributed by atoms with Crippen LogP contribution in [0.5, 0.6) is 11.6 Å². The van der Waals surface area contributed by atoms with Crippen molar-refractivity contribution in [2.75, 3.05) is 5.75 Å². The molecule has 0 spiro atoms. The summed E-state index contributed by atoms with van der Waals surface area (Å²) < 4.78 is 19.4. The Balaban J connectivity index is 1.78. The molecule has 1 saturated heterocycles. The molecule has 10 heteroatoms. The van der Waals surface area contributed by atoms with Gasteiger partial charge in [0.05, 0.1) is 18.2 Å². The van der Waals surface area contributed by atoms with E-state index in [9.17, 15) is 9.18 Å². The van der Waals surface area contributed by atoms with E-state index >= 15 is 0 Å². The SMILES string of the molecule is O=C1CSC(=S)N1/N=C/c1cccc(Oc2nc(Cl)ncc2F)c1. The molecular formula is C14H8ClFN4O2S2. The van der Waals surface area contributed by atoms with E-state index in [0.29, 0.717) is 15.6 Å². The summed E-state index contributed by atoms with van der Waals surface area (Å²) in [6, 6.07) is 6.66. The van der Waals surface area contributed by atoms with Crippen LogP contribution >= 0.6 is 35.6 Å². The highest BCUT2D eigenvalue weighted by Crippen LogP contribution is 2.24. The summed E-state index contributed by atoms with van der Waals surface area (Å²) in [7, 11) is 0. The first-order valence-corrected chi connectivity index (χ1v) is 8.30. The summed E-state index contributed by atoms with van der Waals surface area (Å²) in [5.74, 6) is -0.573. The number of thioether (sulfide) groups is 1. The van der Waals surface area contributed by atoms with Crippen LogP contribution in [0.1, 0.15) is 5.56 Å². The van der Waals surface area contributed by atoms with Crippen LogP contribution < -0.4 is 4.74 Å². The van der Waals surface area contributed by atoms with Crippen molar-refractivity contribution >= 4 is 52.0 Å². The summed E-state index contributed by atoms with van der Waals surface area (Å²) in [4.78, 5) is 18.8. The van der Waals surface area contributed by atoms with Crippen molar-refractivity contribution in [3.05, 3.63) is 47.1 Å². The Labute approximate surface area is 150 Å². The number of hydrogen-bond acceptors (Lipinski definition) is 7. The Morgan fingerprint density at radius 2 is 2.33 bits per heavy atom. The van der Waals surface area contributed by atoms with Gasteiger partial charge in [-0.05, 0) is 29.3 Å². The van der Waals surface area contributed by atoms with Crippen LogP contribution in [0.25, 0.3) is 0 Å². The van der Waals surface area contributed by atoms with Gasteiger partial charge >= 0.3 is 0 Å². The fourth-order valence-electron chi connectivity index (χ4n) is 1.76. The zero-order valence-corrected chi connectivity index (χ0v) is 14.2. The van der Waals surface area contributed by atoms with E-state index in [2.05, 4.69) is 15.1 Å². The van der Waals surface area contributed by atoms with Crippen LogP contribution in [-0.2, 0) is 4.79 Å². The van der Waals surface area contributed by atoms with Gasteiger partial charge in [-0.2, -0.15) is 19.5 Å². The lowest BCUT2D eigenvalue weighted by Gasteiger charge is -2.08. The van der Waals surface area contributed by atoms with Crippen LogP contribution in [0, 0.1) is 5.82 Å². The van der Waals surface area contributed by atoms with Gasteiger partial charge in [-0.1, -0.05) is 36.1 Å². The average molecular weight is 383 g/mol. The Bertz CT molecular complexity index is 833. The second-order valence-corrected chi connectivity index (χ2v) is 6.42. The zero-order valence-electron chi connectivity index (χ0n) is 11.8. The van der Waals surface area contributed by atoms with Gasteiger partial charge in [0, 0.05) is 0 Å². The Hall–Kier alpha value is -2.10. The van der Waals surface area contributed by atoms with Gasteiger partial charge in [-0.25, -0.2) is 4.98 Å². The normalized spacial score (nSPS) is 14.7. The molecule has 1 fully saturated rings. The van der Waals surface area contributed by atoms with E-state index in [1.165, 1.54) is 18.0 Å². The lowest BCUT2D eigenvalue weighted by atomic mass is 10.2. The lowest BCUT2D eigenvalue weighted by Crippen LogP contribution is -2.22. The van der Waals surface area contributed by atoms with E-state index in [4.69, 9.17) is 28.6 Å². The van der Waals surface area contributed by atoms with Gasteiger partial charge in [0.1, 0.15) is 5.75 Å². The van der Waals surface area contributed by atoms with Gasteiger partial charge in [0.25, 0.3) is 11.8 Å². The minimum atomic E-state index is -0.733. The summed E-state index contributed by atoms with van der Waals surface area (Å²) in [6.45, 7) is 0. The molecule has 1 aliphatic rings. The number of aromatic nitrogens is 2.